The van der Waals surface area contributed by atoms with Gasteiger partial charge in [-0.2, -0.15) is 5.10 Å². The number of carbonyl (C=O) groups is 2. The van der Waals surface area contributed by atoms with Crippen molar-refractivity contribution in [3.63, 3.8) is 0 Å². The van der Waals surface area contributed by atoms with Gasteiger partial charge in [0, 0.05) is 31.2 Å². The highest BCUT2D eigenvalue weighted by Crippen LogP contribution is 2.33. The molecule has 8 nitrogen and oxygen atoms in total. The van der Waals surface area contributed by atoms with Gasteiger partial charge in [-0.3, -0.25) is 9.59 Å². The van der Waals surface area contributed by atoms with E-state index in [1.807, 2.05) is 55.5 Å². The van der Waals surface area contributed by atoms with Crippen LogP contribution in [0.15, 0.2) is 77.9 Å². The zero-order valence-corrected chi connectivity index (χ0v) is 22.2. The van der Waals surface area contributed by atoms with Crippen LogP contribution in [-0.4, -0.2) is 68.5 Å². The molecule has 0 N–H and O–H groups in total. The van der Waals surface area contributed by atoms with Crippen molar-refractivity contribution in [2.75, 3.05) is 41.0 Å². The van der Waals surface area contributed by atoms with E-state index < -0.39 is 0 Å². The van der Waals surface area contributed by atoms with Crippen molar-refractivity contribution < 1.29 is 23.8 Å². The number of nitrogens with zero attached hydrogens (tertiary/aromatic N) is 3. The van der Waals surface area contributed by atoms with E-state index in [1.165, 1.54) is 9.91 Å². The molecule has 38 heavy (non-hydrogen) atoms. The van der Waals surface area contributed by atoms with E-state index in [9.17, 15) is 9.59 Å². The van der Waals surface area contributed by atoms with Gasteiger partial charge in [-0.1, -0.05) is 42.0 Å². The molecule has 4 rings (SSSR count). The average Bonchev–Trinajstić information content (AvgIpc) is 3.41. The molecule has 1 aliphatic rings. The summed E-state index contributed by atoms with van der Waals surface area (Å²) in [5.74, 6) is 0.837. The molecule has 1 atom stereocenters. The van der Waals surface area contributed by atoms with Gasteiger partial charge in [0.15, 0.2) is 0 Å². The van der Waals surface area contributed by atoms with Crippen molar-refractivity contribution in [2.24, 2.45) is 5.10 Å². The van der Waals surface area contributed by atoms with Gasteiger partial charge in [0.05, 0.1) is 32.6 Å². The molecule has 1 heterocycles. The molecule has 0 saturated carbocycles. The first kappa shape index (κ1) is 26.9. The number of carbonyl (C=O) groups excluding carboxylic acids is 2. The average molecular weight is 516 g/mol. The lowest BCUT2D eigenvalue weighted by molar-refractivity contribution is -0.133. The fourth-order valence-corrected chi connectivity index (χ4v) is 4.37. The fourth-order valence-electron chi connectivity index (χ4n) is 4.37. The number of rotatable bonds is 10. The third-order valence-electron chi connectivity index (χ3n) is 6.55. The van der Waals surface area contributed by atoms with E-state index in [1.54, 1.807) is 45.6 Å². The van der Waals surface area contributed by atoms with Crippen molar-refractivity contribution in [3.05, 3.63) is 95.1 Å². The Hall–Kier alpha value is -4.17. The van der Waals surface area contributed by atoms with Crippen molar-refractivity contribution >= 4 is 17.5 Å². The zero-order valence-electron chi connectivity index (χ0n) is 22.2. The summed E-state index contributed by atoms with van der Waals surface area (Å²) in [6.45, 7) is 2.46. The summed E-state index contributed by atoms with van der Waals surface area (Å²) in [6.07, 6.45) is 0.548. The molecular weight excluding hydrogens is 482 g/mol. The highest BCUT2D eigenvalue weighted by atomic mass is 16.5. The zero-order chi connectivity index (χ0) is 27.1. The smallest absolute Gasteiger partial charge is 0.262 e. The molecule has 8 heteroatoms. The maximum absolute atomic E-state index is 13.7. The van der Waals surface area contributed by atoms with E-state index in [4.69, 9.17) is 19.3 Å². The van der Waals surface area contributed by atoms with Crippen LogP contribution in [0.5, 0.6) is 11.5 Å². The highest BCUT2D eigenvalue weighted by Gasteiger charge is 2.34. The molecule has 0 radical (unpaired) electrons. The van der Waals surface area contributed by atoms with Crippen LogP contribution in [0.1, 0.15) is 39.5 Å². The fraction of sp³-hybridized carbons (Fsp3) is 0.300. The second-order valence-electron chi connectivity index (χ2n) is 9.10. The van der Waals surface area contributed by atoms with Crippen LogP contribution in [-0.2, 0) is 9.53 Å². The first-order valence-corrected chi connectivity index (χ1v) is 12.5. The summed E-state index contributed by atoms with van der Waals surface area (Å²) < 4.78 is 15.8. The largest absolute Gasteiger partial charge is 0.497 e. The van der Waals surface area contributed by atoms with Gasteiger partial charge >= 0.3 is 0 Å². The van der Waals surface area contributed by atoms with E-state index in [-0.39, 0.29) is 30.9 Å². The van der Waals surface area contributed by atoms with E-state index >= 15 is 0 Å². The quantitative estimate of drug-likeness (QED) is 0.398. The normalized spacial score (nSPS) is 14.7. The first-order valence-electron chi connectivity index (χ1n) is 12.5. The van der Waals surface area contributed by atoms with Gasteiger partial charge in [-0.15, -0.1) is 0 Å². The van der Waals surface area contributed by atoms with Gasteiger partial charge in [-0.05, 0) is 48.9 Å². The Balaban J connectivity index is 1.62. The molecule has 0 aromatic heterocycles. The Kier molecular flexibility index (Phi) is 8.76. The summed E-state index contributed by atoms with van der Waals surface area (Å²) >= 11 is 0. The van der Waals surface area contributed by atoms with Crippen LogP contribution in [0.4, 0.5) is 0 Å². The SMILES string of the molecule is COCCN(CC(=O)N1N=C(c2cccc(OC)c2)C[C@@H]1c1ccc(C)cc1)C(=O)c1ccc(OC)cc1. The maximum Gasteiger partial charge on any atom is 0.262 e. The molecule has 0 fully saturated rings. The number of aryl methyl sites for hydroxylation is 1. The van der Waals surface area contributed by atoms with Crippen molar-refractivity contribution in [2.45, 2.75) is 19.4 Å². The Labute approximate surface area is 223 Å². The van der Waals surface area contributed by atoms with Gasteiger partial charge in [0.25, 0.3) is 11.8 Å². The van der Waals surface area contributed by atoms with E-state index in [0.717, 1.165) is 28.2 Å². The minimum atomic E-state index is -0.287. The first-order chi connectivity index (χ1) is 18.4. The number of hydrazone groups is 1. The minimum Gasteiger partial charge on any atom is -0.497 e. The predicted octanol–water partition coefficient (Wildman–Crippen LogP) is 4.48. The van der Waals surface area contributed by atoms with Gasteiger partial charge < -0.3 is 19.1 Å². The number of benzene rings is 3. The lowest BCUT2D eigenvalue weighted by Gasteiger charge is -2.27. The molecule has 1 aliphatic heterocycles. The van der Waals surface area contributed by atoms with Gasteiger partial charge in [0.1, 0.15) is 18.0 Å². The third-order valence-corrected chi connectivity index (χ3v) is 6.55. The summed E-state index contributed by atoms with van der Waals surface area (Å²) in [4.78, 5) is 28.6. The van der Waals surface area contributed by atoms with Crippen LogP contribution in [0, 0.1) is 6.92 Å². The lowest BCUT2D eigenvalue weighted by atomic mass is 9.97. The highest BCUT2D eigenvalue weighted by molar-refractivity contribution is 6.04. The van der Waals surface area contributed by atoms with Crippen molar-refractivity contribution in [3.8, 4) is 11.5 Å². The van der Waals surface area contributed by atoms with Crippen LogP contribution < -0.4 is 9.47 Å². The second-order valence-corrected chi connectivity index (χ2v) is 9.10. The topological polar surface area (TPSA) is 80.7 Å². The monoisotopic (exact) mass is 515 g/mol. The van der Waals surface area contributed by atoms with Crippen LogP contribution in [0.2, 0.25) is 0 Å². The molecule has 0 aliphatic carbocycles. The van der Waals surface area contributed by atoms with E-state index in [2.05, 4.69) is 0 Å². The molecule has 3 aromatic rings. The molecule has 0 spiro atoms. The van der Waals surface area contributed by atoms with Crippen molar-refractivity contribution in [1.82, 2.24) is 9.91 Å². The molecular formula is C30H33N3O5. The summed E-state index contributed by atoms with van der Waals surface area (Å²) in [5.41, 5.74) is 4.26. The lowest BCUT2D eigenvalue weighted by Crippen LogP contribution is -2.42. The van der Waals surface area contributed by atoms with E-state index in [0.29, 0.717) is 24.3 Å². The summed E-state index contributed by atoms with van der Waals surface area (Å²) in [7, 11) is 4.76. The molecule has 3 aromatic carbocycles. The number of hydrogen-bond donors (Lipinski definition) is 0. The predicted molar refractivity (Wildman–Crippen MR) is 146 cm³/mol. The Morgan fingerprint density at radius 3 is 2.32 bits per heavy atom. The minimum absolute atomic E-state index is 0.133. The number of amides is 2. The Bertz CT molecular complexity index is 1290. The Morgan fingerprint density at radius 2 is 1.66 bits per heavy atom. The maximum atomic E-state index is 13.7. The van der Waals surface area contributed by atoms with Crippen LogP contribution in [0.25, 0.3) is 0 Å². The molecule has 0 unspecified atom stereocenters. The number of hydrogen-bond acceptors (Lipinski definition) is 6. The van der Waals surface area contributed by atoms with Crippen LogP contribution >= 0.6 is 0 Å². The Morgan fingerprint density at radius 1 is 0.947 bits per heavy atom. The van der Waals surface area contributed by atoms with Gasteiger partial charge in [0.2, 0.25) is 0 Å². The summed E-state index contributed by atoms with van der Waals surface area (Å²) in [6, 6.07) is 22.3. The standard InChI is InChI=1S/C30H33N3O5/c1-21-8-10-22(11-9-21)28-19-27(24-6-5-7-26(18-24)38-4)31-33(28)29(34)20-32(16-17-36-2)30(35)23-12-14-25(37-3)15-13-23/h5-15,18,28H,16-17,19-20H2,1-4H3/t28-/m1/s1. The molecule has 198 valence electrons. The molecule has 0 bridgehead atoms. The number of methoxy groups -OCH3 is 3. The van der Waals surface area contributed by atoms with Gasteiger partial charge in [-0.25, -0.2) is 5.01 Å². The molecule has 0 saturated heterocycles. The second kappa shape index (κ2) is 12.4. The third kappa shape index (κ3) is 6.20. The molecule has 2 amide bonds. The summed E-state index contributed by atoms with van der Waals surface area (Å²) in [5, 5.41) is 6.28. The van der Waals surface area contributed by atoms with Crippen LogP contribution in [0.3, 0.4) is 0 Å². The number of ether oxygens (including phenoxy) is 3. The van der Waals surface area contributed by atoms with Crippen molar-refractivity contribution in [1.29, 1.82) is 0 Å².